The zero-order valence-electron chi connectivity index (χ0n) is 18.6. The molecule has 0 aromatic heterocycles. The Morgan fingerprint density at radius 2 is 1.18 bits per heavy atom. The number of carboxylic acids is 1. The number of carbonyl (C=O) groups excluding carboxylic acids is 1. The van der Waals surface area contributed by atoms with Gasteiger partial charge in [0.15, 0.2) is 0 Å². The molecule has 4 aromatic carbocycles. The molecule has 166 valence electrons. The van der Waals surface area contributed by atoms with Gasteiger partial charge in [0.1, 0.15) is 5.75 Å². The van der Waals surface area contributed by atoms with Crippen LogP contribution in [0.2, 0.25) is 0 Å². The summed E-state index contributed by atoms with van der Waals surface area (Å²) >= 11 is 0. The van der Waals surface area contributed by atoms with Crippen molar-refractivity contribution >= 4 is 17.5 Å². The van der Waals surface area contributed by atoms with E-state index in [0.717, 1.165) is 22.3 Å². The van der Waals surface area contributed by atoms with E-state index in [1.54, 1.807) is 6.07 Å². The third kappa shape index (κ3) is 3.32. The van der Waals surface area contributed by atoms with Crippen LogP contribution in [0.3, 0.4) is 0 Å². The number of fused-ring (bicyclic) bond motifs is 1. The van der Waals surface area contributed by atoms with Crippen LogP contribution < -0.4 is 4.74 Å². The number of esters is 1. The van der Waals surface area contributed by atoms with Crippen LogP contribution in [-0.2, 0) is 15.0 Å². The first kappa shape index (κ1) is 21.4. The summed E-state index contributed by atoms with van der Waals surface area (Å²) in [5, 5.41) is 9.58. The van der Waals surface area contributed by atoms with Crippen LogP contribution in [0, 0.1) is 0 Å². The van der Waals surface area contributed by atoms with Gasteiger partial charge in [0.2, 0.25) is 0 Å². The molecule has 0 atom stereocenters. The average Bonchev–Trinajstić information content (AvgIpc) is 3.21. The minimum Gasteiger partial charge on any atom is -0.478 e. The third-order valence-electron chi connectivity index (χ3n) is 6.40. The van der Waals surface area contributed by atoms with E-state index < -0.39 is 17.4 Å². The maximum absolute atomic E-state index is 12.6. The van der Waals surface area contributed by atoms with Gasteiger partial charge >= 0.3 is 11.9 Å². The Hall–Kier alpha value is -4.44. The first-order chi connectivity index (χ1) is 16.5. The molecule has 0 aliphatic carbocycles. The Balaban J connectivity index is 1.88. The first-order valence-electron chi connectivity index (χ1n) is 11.0. The summed E-state index contributed by atoms with van der Waals surface area (Å²) in [7, 11) is 0. The lowest BCUT2D eigenvalue weighted by Gasteiger charge is -2.37. The summed E-state index contributed by atoms with van der Waals surface area (Å²) in [6.45, 7) is 1.43. The van der Waals surface area contributed by atoms with Gasteiger partial charge in [-0.05, 0) is 41.3 Å². The molecule has 5 rings (SSSR count). The van der Waals surface area contributed by atoms with E-state index in [1.165, 1.54) is 6.92 Å². The fourth-order valence-electron chi connectivity index (χ4n) is 4.83. The molecule has 4 aromatic rings. The molecule has 0 spiro atoms. The van der Waals surface area contributed by atoms with Crippen LogP contribution in [0.5, 0.6) is 5.75 Å². The van der Waals surface area contributed by atoms with Crippen molar-refractivity contribution in [1.29, 1.82) is 0 Å². The van der Waals surface area contributed by atoms with Crippen molar-refractivity contribution in [3.63, 3.8) is 0 Å². The van der Waals surface area contributed by atoms with Crippen molar-refractivity contribution < 1.29 is 19.4 Å². The molecule has 1 aliphatic heterocycles. The molecule has 1 aliphatic rings. The highest BCUT2D eigenvalue weighted by Gasteiger charge is 2.40. The highest BCUT2D eigenvalue weighted by atomic mass is 16.5. The monoisotopic (exact) mass is 446 g/mol. The van der Waals surface area contributed by atoms with Crippen molar-refractivity contribution in [3.8, 4) is 5.75 Å². The zero-order chi connectivity index (χ0) is 23.7. The average molecular weight is 447 g/mol. The minimum absolute atomic E-state index is 0.0365. The Labute approximate surface area is 197 Å². The van der Waals surface area contributed by atoms with Crippen molar-refractivity contribution in [2.75, 3.05) is 0 Å². The molecule has 4 heteroatoms. The third-order valence-corrected chi connectivity index (χ3v) is 6.40. The van der Waals surface area contributed by atoms with Crippen LogP contribution in [0.25, 0.3) is 5.57 Å². The largest absolute Gasteiger partial charge is 0.478 e. The number of aliphatic carboxylic acids is 1. The number of carbonyl (C=O) groups is 2. The molecule has 0 saturated heterocycles. The van der Waals surface area contributed by atoms with Gasteiger partial charge in [-0.3, -0.25) is 0 Å². The summed E-state index contributed by atoms with van der Waals surface area (Å²) in [5.41, 5.74) is 3.91. The van der Waals surface area contributed by atoms with Crippen molar-refractivity contribution in [1.82, 2.24) is 0 Å². The van der Waals surface area contributed by atoms with Gasteiger partial charge in [0.05, 0.1) is 11.0 Å². The van der Waals surface area contributed by atoms with Gasteiger partial charge in [0, 0.05) is 11.1 Å². The van der Waals surface area contributed by atoms with E-state index >= 15 is 0 Å². The van der Waals surface area contributed by atoms with Gasteiger partial charge in [-0.15, -0.1) is 0 Å². The second-order valence-electron chi connectivity index (χ2n) is 8.25. The lowest BCUT2D eigenvalue weighted by molar-refractivity contribution is -0.133. The summed E-state index contributed by atoms with van der Waals surface area (Å²) < 4.78 is 5.42. The summed E-state index contributed by atoms with van der Waals surface area (Å²) in [6.07, 6.45) is 0. The second kappa shape index (κ2) is 8.49. The van der Waals surface area contributed by atoms with E-state index in [2.05, 4.69) is 36.4 Å². The van der Waals surface area contributed by atoms with E-state index in [4.69, 9.17) is 4.74 Å². The highest BCUT2D eigenvalue weighted by molar-refractivity contribution is 6.26. The molecule has 0 bridgehead atoms. The van der Waals surface area contributed by atoms with Crippen molar-refractivity contribution in [2.45, 2.75) is 12.3 Å². The molecule has 4 nitrogen and oxygen atoms in total. The van der Waals surface area contributed by atoms with Crippen LogP contribution in [-0.4, -0.2) is 17.0 Å². The number of benzene rings is 4. The topological polar surface area (TPSA) is 63.6 Å². The maximum Gasteiger partial charge on any atom is 0.344 e. The second-order valence-corrected chi connectivity index (χ2v) is 8.25. The van der Waals surface area contributed by atoms with Crippen LogP contribution >= 0.6 is 0 Å². The Morgan fingerprint density at radius 3 is 1.62 bits per heavy atom. The molecule has 0 amide bonds. The highest BCUT2D eigenvalue weighted by Crippen LogP contribution is 2.47. The Morgan fingerprint density at radius 1 is 0.706 bits per heavy atom. The Kier molecular flexibility index (Phi) is 5.34. The molecule has 1 N–H and O–H groups in total. The fourth-order valence-corrected chi connectivity index (χ4v) is 4.83. The van der Waals surface area contributed by atoms with Crippen LogP contribution in [0.1, 0.15) is 34.7 Å². The molecule has 34 heavy (non-hydrogen) atoms. The van der Waals surface area contributed by atoms with E-state index in [-0.39, 0.29) is 11.1 Å². The molecular formula is C30H22O4. The van der Waals surface area contributed by atoms with Crippen molar-refractivity contribution in [3.05, 3.63) is 143 Å². The number of rotatable bonds is 5. The van der Waals surface area contributed by atoms with Gasteiger partial charge in [-0.1, -0.05) is 97.1 Å². The molecule has 1 heterocycles. The lowest BCUT2D eigenvalue weighted by Crippen LogP contribution is -2.31. The summed E-state index contributed by atoms with van der Waals surface area (Å²) in [5.74, 6) is -1.42. The van der Waals surface area contributed by atoms with Gasteiger partial charge in [-0.2, -0.15) is 0 Å². The van der Waals surface area contributed by atoms with Gasteiger partial charge in [-0.25, -0.2) is 9.59 Å². The molecule has 0 radical (unpaired) electrons. The number of ether oxygens (including phenoxy) is 1. The van der Waals surface area contributed by atoms with Gasteiger partial charge in [0.25, 0.3) is 0 Å². The smallest absolute Gasteiger partial charge is 0.344 e. The zero-order valence-corrected chi connectivity index (χ0v) is 18.6. The fraction of sp³-hybridized carbons (Fsp3) is 0.0667. The summed E-state index contributed by atoms with van der Waals surface area (Å²) in [6, 6.07) is 36.2. The van der Waals surface area contributed by atoms with E-state index in [0.29, 0.717) is 11.3 Å². The number of carboxylic acid groups (broad SMARTS) is 1. The Bertz CT molecular complexity index is 1310. The predicted molar refractivity (Wildman–Crippen MR) is 131 cm³/mol. The van der Waals surface area contributed by atoms with E-state index in [1.807, 2.05) is 66.7 Å². The van der Waals surface area contributed by atoms with Crippen LogP contribution in [0.15, 0.2) is 115 Å². The standard InChI is InChI=1S/C30H22O4/c1-20(28(31)32)27-25-19-24(17-18-26(25)34-29(27)33)30(21-11-5-2-6-12-21,22-13-7-3-8-14-22)23-15-9-4-10-16-23/h2-19H,1H3,(H,31,32). The van der Waals surface area contributed by atoms with Gasteiger partial charge < -0.3 is 9.84 Å². The first-order valence-corrected chi connectivity index (χ1v) is 11.0. The lowest BCUT2D eigenvalue weighted by atomic mass is 9.65. The summed E-state index contributed by atoms with van der Waals surface area (Å²) in [4.78, 5) is 24.3. The minimum atomic E-state index is -1.15. The quantitative estimate of drug-likeness (QED) is 0.181. The SMILES string of the molecule is CC(C(=O)O)=C1C(=O)Oc2ccc(C(c3ccccc3)(c3ccccc3)c3ccccc3)cc21. The molecule has 0 unspecified atom stereocenters. The normalized spacial score (nSPS) is 14.3. The maximum atomic E-state index is 12.6. The number of hydrogen-bond donors (Lipinski definition) is 1. The van der Waals surface area contributed by atoms with E-state index in [9.17, 15) is 14.7 Å². The van der Waals surface area contributed by atoms with Crippen LogP contribution in [0.4, 0.5) is 0 Å². The molecule has 0 fully saturated rings. The molecular weight excluding hydrogens is 424 g/mol. The predicted octanol–water partition coefficient (Wildman–Crippen LogP) is 5.85. The van der Waals surface area contributed by atoms with Crippen molar-refractivity contribution in [2.24, 2.45) is 0 Å². The molecule has 0 saturated carbocycles. The number of hydrogen-bond acceptors (Lipinski definition) is 3.